The number of hydrogen-bond donors (Lipinski definition) is 2. The average molecular weight is 402 g/mol. The van der Waals surface area contributed by atoms with Gasteiger partial charge in [-0.25, -0.2) is 4.98 Å². The first-order valence-corrected chi connectivity index (χ1v) is 9.36. The number of rotatable bonds is 7. The van der Waals surface area contributed by atoms with Crippen molar-refractivity contribution in [2.75, 3.05) is 23.3 Å². The summed E-state index contributed by atoms with van der Waals surface area (Å²) in [6, 6.07) is 7.71. The Balaban J connectivity index is 1.42. The fraction of sp³-hybridized carbons (Fsp3) is 0.350. The van der Waals surface area contributed by atoms with Crippen molar-refractivity contribution < 1.29 is 23.1 Å². The molecule has 1 aliphatic heterocycles. The molecule has 1 aromatic heterocycles. The molecule has 7 nitrogen and oxygen atoms in total. The zero-order chi connectivity index (χ0) is 20.4. The van der Waals surface area contributed by atoms with E-state index in [2.05, 4.69) is 20.4 Å². The maximum absolute atomic E-state index is 12.5. The first-order chi connectivity index (χ1) is 14.0. The first-order valence-electron chi connectivity index (χ1n) is 9.36. The second-order valence-corrected chi connectivity index (χ2v) is 7.10. The van der Waals surface area contributed by atoms with Gasteiger partial charge in [-0.15, -0.1) is 0 Å². The Labute approximate surface area is 166 Å². The molecule has 1 aromatic carbocycles. The van der Waals surface area contributed by atoms with E-state index in [0.717, 1.165) is 18.4 Å². The van der Waals surface area contributed by atoms with E-state index < -0.39 is 6.61 Å². The van der Waals surface area contributed by atoms with Gasteiger partial charge in [-0.05, 0) is 42.5 Å². The molecule has 9 heteroatoms. The molecule has 0 unspecified atom stereocenters. The maximum atomic E-state index is 12.5. The number of nitrogens with one attached hydrogen (secondary N) is 2. The standard InChI is InChI=1S/C20H20F2N4O3/c21-20(22)29-15-5-3-12(4-6-15)8-25-19(28)14-7-16-18(23-9-14)24-10-17(27)26(16)11-13-1-2-13/h3-7,9,13,20H,1-2,8,10-11H2,(H,23,24)(H,25,28). The zero-order valence-corrected chi connectivity index (χ0v) is 15.5. The maximum Gasteiger partial charge on any atom is 0.387 e. The van der Waals surface area contributed by atoms with E-state index in [1.165, 1.54) is 18.3 Å². The average Bonchev–Trinajstić information content (AvgIpc) is 3.53. The van der Waals surface area contributed by atoms with E-state index in [0.29, 0.717) is 29.5 Å². The molecule has 0 saturated heterocycles. The summed E-state index contributed by atoms with van der Waals surface area (Å²) in [4.78, 5) is 30.8. The van der Waals surface area contributed by atoms with E-state index in [1.807, 2.05) is 0 Å². The summed E-state index contributed by atoms with van der Waals surface area (Å²) in [5.74, 6) is 0.796. The van der Waals surface area contributed by atoms with Crippen LogP contribution >= 0.6 is 0 Å². The number of fused-ring (bicyclic) bond motifs is 1. The van der Waals surface area contributed by atoms with Gasteiger partial charge in [0, 0.05) is 19.3 Å². The topological polar surface area (TPSA) is 83.6 Å². The van der Waals surface area contributed by atoms with E-state index in [9.17, 15) is 18.4 Å². The molecule has 152 valence electrons. The molecule has 2 amide bonds. The Kier molecular flexibility index (Phi) is 5.28. The predicted octanol–water partition coefficient (Wildman–Crippen LogP) is 2.78. The number of aromatic nitrogens is 1. The number of hydrogen-bond acceptors (Lipinski definition) is 5. The van der Waals surface area contributed by atoms with Gasteiger partial charge in [0.2, 0.25) is 5.91 Å². The van der Waals surface area contributed by atoms with E-state index >= 15 is 0 Å². The highest BCUT2D eigenvalue weighted by atomic mass is 19.3. The number of anilines is 2. The molecule has 1 fully saturated rings. The fourth-order valence-corrected chi connectivity index (χ4v) is 3.14. The van der Waals surface area contributed by atoms with Crippen LogP contribution < -0.4 is 20.3 Å². The molecule has 4 rings (SSSR count). The molecule has 0 spiro atoms. The van der Waals surface area contributed by atoms with Crippen LogP contribution in [0.4, 0.5) is 20.3 Å². The second kappa shape index (κ2) is 8.02. The highest BCUT2D eigenvalue weighted by molar-refractivity contribution is 6.04. The molecule has 2 aromatic rings. The van der Waals surface area contributed by atoms with Crippen molar-refractivity contribution in [1.29, 1.82) is 0 Å². The van der Waals surface area contributed by atoms with Crippen LogP contribution in [0, 0.1) is 5.92 Å². The highest BCUT2D eigenvalue weighted by Crippen LogP contribution is 2.35. The largest absolute Gasteiger partial charge is 0.435 e. The van der Waals surface area contributed by atoms with Crippen molar-refractivity contribution >= 4 is 23.3 Å². The third-order valence-electron chi connectivity index (χ3n) is 4.87. The van der Waals surface area contributed by atoms with Crippen LogP contribution in [-0.4, -0.2) is 36.5 Å². The number of nitrogens with zero attached hydrogens (tertiary/aromatic N) is 2. The van der Waals surface area contributed by atoms with Gasteiger partial charge in [-0.3, -0.25) is 9.59 Å². The zero-order valence-electron chi connectivity index (χ0n) is 15.5. The van der Waals surface area contributed by atoms with Gasteiger partial charge in [0.1, 0.15) is 11.6 Å². The van der Waals surface area contributed by atoms with Crippen LogP contribution in [-0.2, 0) is 11.3 Å². The van der Waals surface area contributed by atoms with Crippen LogP contribution in [0.3, 0.4) is 0 Å². The lowest BCUT2D eigenvalue weighted by Crippen LogP contribution is -2.41. The minimum atomic E-state index is -2.88. The first kappa shape index (κ1) is 19.1. The SMILES string of the molecule is O=C(NCc1ccc(OC(F)F)cc1)c1cnc2c(c1)N(CC1CC1)C(=O)CN2. The Hall–Kier alpha value is -3.23. The van der Waals surface area contributed by atoms with Gasteiger partial charge in [0.05, 0.1) is 17.8 Å². The number of carbonyl (C=O) groups excluding carboxylic acids is 2. The number of halogens is 2. The summed E-state index contributed by atoms with van der Waals surface area (Å²) in [5, 5.41) is 5.75. The van der Waals surface area contributed by atoms with Gasteiger partial charge in [0.15, 0.2) is 0 Å². The fourth-order valence-electron chi connectivity index (χ4n) is 3.14. The van der Waals surface area contributed by atoms with Gasteiger partial charge in [0.25, 0.3) is 5.91 Å². The van der Waals surface area contributed by atoms with Crippen molar-refractivity contribution in [3.63, 3.8) is 0 Å². The molecular formula is C20H20F2N4O3. The number of amides is 2. The lowest BCUT2D eigenvalue weighted by atomic mass is 10.1. The van der Waals surface area contributed by atoms with Gasteiger partial charge < -0.3 is 20.3 Å². The van der Waals surface area contributed by atoms with Gasteiger partial charge in [-0.2, -0.15) is 8.78 Å². The molecule has 0 bridgehead atoms. The highest BCUT2D eigenvalue weighted by Gasteiger charge is 2.32. The minimum absolute atomic E-state index is 0.0325. The summed E-state index contributed by atoms with van der Waals surface area (Å²) >= 11 is 0. The lowest BCUT2D eigenvalue weighted by molar-refractivity contribution is -0.117. The van der Waals surface area contributed by atoms with Crippen LogP contribution in [0.15, 0.2) is 36.5 Å². The summed E-state index contributed by atoms with van der Waals surface area (Å²) in [7, 11) is 0. The van der Waals surface area contributed by atoms with E-state index in [-0.39, 0.29) is 30.7 Å². The van der Waals surface area contributed by atoms with Gasteiger partial charge in [-0.1, -0.05) is 12.1 Å². The normalized spacial score (nSPS) is 15.7. The summed E-state index contributed by atoms with van der Waals surface area (Å²) in [6.07, 6.45) is 3.69. The molecule has 1 saturated carbocycles. The Morgan fingerprint density at radius 2 is 2.07 bits per heavy atom. The number of alkyl halides is 2. The van der Waals surface area contributed by atoms with Crippen LogP contribution in [0.25, 0.3) is 0 Å². The summed E-state index contributed by atoms with van der Waals surface area (Å²) < 4.78 is 28.7. The minimum Gasteiger partial charge on any atom is -0.435 e. The lowest BCUT2D eigenvalue weighted by Gasteiger charge is -2.29. The molecule has 2 heterocycles. The van der Waals surface area contributed by atoms with Crippen molar-refractivity contribution in [1.82, 2.24) is 10.3 Å². The molecule has 0 atom stereocenters. The summed E-state index contributed by atoms with van der Waals surface area (Å²) in [5.41, 5.74) is 1.70. The second-order valence-electron chi connectivity index (χ2n) is 7.10. The van der Waals surface area contributed by atoms with Crippen molar-refractivity contribution in [3.05, 3.63) is 47.7 Å². The van der Waals surface area contributed by atoms with Crippen molar-refractivity contribution in [2.24, 2.45) is 5.92 Å². The van der Waals surface area contributed by atoms with Crippen LogP contribution in [0.5, 0.6) is 5.75 Å². The predicted molar refractivity (Wildman–Crippen MR) is 102 cm³/mol. The molecule has 2 aliphatic rings. The van der Waals surface area contributed by atoms with Crippen molar-refractivity contribution in [2.45, 2.75) is 26.0 Å². The Morgan fingerprint density at radius 1 is 1.31 bits per heavy atom. The van der Waals surface area contributed by atoms with E-state index in [1.54, 1.807) is 23.1 Å². The molecule has 0 radical (unpaired) electrons. The van der Waals surface area contributed by atoms with Crippen LogP contribution in [0.1, 0.15) is 28.8 Å². The monoisotopic (exact) mass is 402 g/mol. The smallest absolute Gasteiger partial charge is 0.387 e. The van der Waals surface area contributed by atoms with E-state index in [4.69, 9.17) is 0 Å². The van der Waals surface area contributed by atoms with Crippen LogP contribution in [0.2, 0.25) is 0 Å². The molecule has 29 heavy (non-hydrogen) atoms. The third-order valence-corrected chi connectivity index (χ3v) is 4.87. The third kappa shape index (κ3) is 4.61. The molecule has 1 aliphatic carbocycles. The molecular weight excluding hydrogens is 382 g/mol. The van der Waals surface area contributed by atoms with Crippen molar-refractivity contribution in [3.8, 4) is 5.75 Å². The number of benzene rings is 1. The Morgan fingerprint density at radius 3 is 2.76 bits per heavy atom. The summed E-state index contributed by atoms with van der Waals surface area (Å²) in [6.45, 7) is -1.82. The molecule has 2 N–H and O–H groups in total. The number of carbonyl (C=O) groups is 2. The number of pyridine rings is 1. The quantitative estimate of drug-likeness (QED) is 0.744. The Bertz CT molecular complexity index is 916. The van der Waals surface area contributed by atoms with Gasteiger partial charge >= 0.3 is 6.61 Å². The number of ether oxygens (including phenoxy) is 1.